The van der Waals surface area contributed by atoms with Crippen molar-refractivity contribution >= 4 is 11.5 Å². The van der Waals surface area contributed by atoms with Crippen LogP contribution in [0.3, 0.4) is 0 Å². The van der Waals surface area contributed by atoms with E-state index in [1.165, 1.54) is 50.3 Å². The second-order valence-electron chi connectivity index (χ2n) is 4.35. The van der Waals surface area contributed by atoms with E-state index in [0.717, 1.165) is 4.88 Å². The summed E-state index contributed by atoms with van der Waals surface area (Å²) in [5, 5.41) is 0. The lowest BCUT2D eigenvalue weighted by Gasteiger charge is -2.25. The van der Waals surface area contributed by atoms with Crippen LogP contribution in [0.25, 0.3) is 0 Å². The van der Waals surface area contributed by atoms with E-state index in [1.807, 2.05) is 12.3 Å². The summed E-state index contributed by atoms with van der Waals surface area (Å²) in [7, 11) is 0. The lowest BCUT2D eigenvalue weighted by Crippen LogP contribution is -2.36. The van der Waals surface area contributed by atoms with Crippen LogP contribution in [0.2, 0.25) is 0 Å². The second kappa shape index (κ2) is 3.62. The minimum absolute atomic E-state index is 0.226. The number of hydrogen-bond donors (Lipinski definition) is 0. The molecule has 0 aromatic carbocycles. The van der Waals surface area contributed by atoms with Crippen LogP contribution in [-0.4, -0.2) is 27.9 Å². The summed E-state index contributed by atoms with van der Waals surface area (Å²) in [5.41, 5.74) is 0.226. The maximum absolute atomic E-state index is 4.08. The molecule has 0 N–H and O–H groups in total. The third-order valence-corrected chi connectivity index (χ3v) is 4.16. The van der Waals surface area contributed by atoms with E-state index in [4.69, 9.17) is 0 Å². The summed E-state index contributed by atoms with van der Waals surface area (Å²) in [5.74, 6) is 6.80. The highest BCUT2D eigenvalue weighted by molar-refractivity contribution is 7.06. The lowest BCUT2D eigenvalue weighted by molar-refractivity contribution is 0.261. The van der Waals surface area contributed by atoms with Crippen LogP contribution in [0.1, 0.15) is 30.6 Å². The summed E-state index contributed by atoms with van der Waals surface area (Å²) < 4.78 is 4.08. The fraction of sp³-hybridized carbons (Fsp3) is 0.583. The Bertz CT molecular complexity index is 389. The minimum atomic E-state index is 0.226. The average molecular weight is 218 g/mol. The van der Waals surface area contributed by atoms with Crippen molar-refractivity contribution in [2.45, 2.75) is 31.2 Å². The van der Waals surface area contributed by atoms with Gasteiger partial charge in [-0.3, -0.25) is 4.90 Å². The van der Waals surface area contributed by atoms with Gasteiger partial charge in [0.1, 0.15) is 0 Å². The predicted octanol–water partition coefficient (Wildman–Crippen LogP) is 2.12. The molecule has 3 rings (SSSR count). The van der Waals surface area contributed by atoms with Crippen molar-refractivity contribution in [2.24, 2.45) is 0 Å². The number of hydrogen-bond acceptors (Lipinski definition) is 3. The third kappa shape index (κ3) is 1.58. The van der Waals surface area contributed by atoms with Crippen LogP contribution >= 0.6 is 11.5 Å². The van der Waals surface area contributed by atoms with E-state index in [1.54, 1.807) is 0 Å². The lowest BCUT2D eigenvalue weighted by atomic mass is 9.95. The zero-order valence-corrected chi connectivity index (χ0v) is 9.52. The summed E-state index contributed by atoms with van der Waals surface area (Å²) in [4.78, 5) is 3.67. The number of fused-ring (bicyclic) bond motifs is 1. The summed E-state index contributed by atoms with van der Waals surface area (Å²) in [6, 6.07) is 2.00. The SMILES string of the molecule is C(#CC12CCCN1CCC2)c1ccns1. The molecule has 2 aliphatic heterocycles. The van der Waals surface area contributed by atoms with Crippen LogP contribution < -0.4 is 0 Å². The van der Waals surface area contributed by atoms with Crippen LogP contribution in [0.5, 0.6) is 0 Å². The van der Waals surface area contributed by atoms with Gasteiger partial charge in [-0.2, -0.15) is 4.37 Å². The maximum atomic E-state index is 4.08. The fourth-order valence-electron chi connectivity index (χ4n) is 2.77. The number of aromatic nitrogens is 1. The minimum Gasteiger partial charge on any atom is -0.287 e. The molecule has 0 amide bonds. The molecule has 0 saturated carbocycles. The zero-order valence-electron chi connectivity index (χ0n) is 8.70. The van der Waals surface area contributed by atoms with E-state index in [9.17, 15) is 0 Å². The first-order valence-corrected chi connectivity index (χ1v) is 6.35. The standard InChI is InChI=1S/C12H14N2S/c1-5-12(6-2-10-14(12)9-1)7-3-11-4-8-13-15-11/h4,8H,1-2,5-6,9-10H2. The van der Waals surface area contributed by atoms with Gasteiger partial charge in [0.05, 0.1) is 10.4 Å². The molecule has 0 atom stereocenters. The van der Waals surface area contributed by atoms with E-state index < -0.39 is 0 Å². The number of nitrogens with zero attached hydrogens (tertiary/aromatic N) is 2. The van der Waals surface area contributed by atoms with Crippen molar-refractivity contribution in [1.29, 1.82) is 0 Å². The average Bonchev–Trinajstić information content (AvgIpc) is 2.91. The third-order valence-electron chi connectivity index (χ3n) is 3.50. The molecule has 0 aliphatic carbocycles. The summed E-state index contributed by atoms with van der Waals surface area (Å²) in [6.45, 7) is 2.49. The van der Waals surface area contributed by atoms with Crippen LogP contribution in [-0.2, 0) is 0 Å². The Balaban J connectivity index is 1.87. The molecule has 2 aliphatic rings. The zero-order chi connectivity index (χ0) is 10.1. The highest BCUT2D eigenvalue weighted by Crippen LogP contribution is 2.38. The van der Waals surface area contributed by atoms with Crippen LogP contribution in [0.4, 0.5) is 0 Å². The van der Waals surface area contributed by atoms with Gasteiger partial charge in [-0.1, -0.05) is 11.8 Å². The normalized spacial score (nSPS) is 23.5. The first-order chi connectivity index (χ1) is 7.39. The van der Waals surface area contributed by atoms with Crippen molar-refractivity contribution < 1.29 is 0 Å². The van der Waals surface area contributed by atoms with Crippen molar-refractivity contribution in [3.63, 3.8) is 0 Å². The first-order valence-electron chi connectivity index (χ1n) is 5.58. The van der Waals surface area contributed by atoms with Gasteiger partial charge in [0.25, 0.3) is 0 Å². The quantitative estimate of drug-likeness (QED) is 0.620. The molecule has 2 nitrogen and oxygen atoms in total. The topological polar surface area (TPSA) is 16.1 Å². The smallest absolute Gasteiger partial charge is 0.0975 e. The van der Waals surface area contributed by atoms with Crippen LogP contribution in [0.15, 0.2) is 12.3 Å². The van der Waals surface area contributed by atoms with Gasteiger partial charge < -0.3 is 0 Å². The van der Waals surface area contributed by atoms with Crippen molar-refractivity contribution in [1.82, 2.24) is 9.27 Å². The number of rotatable bonds is 0. The Hall–Kier alpha value is -0.850. The van der Waals surface area contributed by atoms with E-state index in [0.29, 0.717) is 0 Å². The molecule has 78 valence electrons. The van der Waals surface area contributed by atoms with Gasteiger partial charge in [-0.15, -0.1) is 0 Å². The molecule has 0 unspecified atom stereocenters. The second-order valence-corrected chi connectivity index (χ2v) is 5.19. The Kier molecular flexibility index (Phi) is 2.27. The van der Waals surface area contributed by atoms with Gasteiger partial charge in [0.15, 0.2) is 0 Å². The molecule has 0 spiro atoms. The summed E-state index contributed by atoms with van der Waals surface area (Å²) >= 11 is 1.49. The van der Waals surface area contributed by atoms with Crippen molar-refractivity contribution in [3.05, 3.63) is 17.1 Å². The molecule has 3 heterocycles. The molecular weight excluding hydrogens is 204 g/mol. The van der Waals surface area contributed by atoms with E-state index in [-0.39, 0.29) is 5.54 Å². The van der Waals surface area contributed by atoms with Gasteiger partial charge in [-0.05, 0) is 56.4 Å². The largest absolute Gasteiger partial charge is 0.287 e. The highest BCUT2D eigenvalue weighted by Gasteiger charge is 2.42. The predicted molar refractivity (Wildman–Crippen MR) is 61.8 cm³/mol. The Labute approximate surface area is 94.5 Å². The molecule has 1 aromatic heterocycles. The highest BCUT2D eigenvalue weighted by atomic mass is 32.1. The maximum Gasteiger partial charge on any atom is 0.0975 e. The molecule has 1 aromatic rings. The van der Waals surface area contributed by atoms with Gasteiger partial charge >= 0.3 is 0 Å². The molecule has 2 saturated heterocycles. The van der Waals surface area contributed by atoms with E-state index in [2.05, 4.69) is 21.1 Å². The van der Waals surface area contributed by atoms with E-state index >= 15 is 0 Å². The van der Waals surface area contributed by atoms with Gasteiger partial charge in [0, 0.05) is 6.20 Å². The van der Waals surface area contributed by atoms with Gasteiger partial charge in [-0.25, -0.2) is 0 Å². The van der Waals surface area contributed by atoms with Crippen LogP contribution in [0, 0.1) is 11.8 Å². The Morgan fingerprint density at radius 2 is 2.13 bits per heavy atom. The Morgan fingerprint density at radius 1 is 1.33 bits per heavy atom. The molecule has 0 bridgehead atoms. The molecule has 3 heteroatoms. The van der Waals surface area contributed by atoms with Crippen molar-refractivity contribution in [2.75, 3.05) is 13.1 Å². The molecular formula is C12H14N2S. The van der Waals surface area contributed by atoms with Gasteiger partial charge in [0.2, 0.25) is 0 Å². The monoisotopic (exact) mass is 218 g/mol. The first kappa shape index (κ1) is 9.38. The summed E-state index contributed by atoms with van der Waals surface area (Å²) in [6.07, 6.45) is 6.99. The fourth-order valence-corrected chi connectivity index (χ4v) is 3.22. The Morgan fingerprint density at radius 3 is 2.80 bits per heavy atom. The van der Waals surface area contributed by atoms with Crippen molar-refractivity contribution in [3.8, 4) is 11.8 Å². The molecule has 0 radical (unpaired) electrons. The molecule has 15 heavy (non-hydrogen) atoms. The molecule has 2 fully saturated rings.